The molecule has 0 unspecified atom stereocenters. The number of likely N-dealkylation sites (tertiary alicyclic amines) is 1. The zero-order valence-electron chi connectivity index (χ0n) is 16.8. The van der Waals surface area contributed by atoms with Crippen LogP contribution >= 0.6 is 11.6 Å². The van der Waals surface area contributed by atoms with E-state index in [2.05, 4.69) is 15.4 Å². The summed E-state index contributed by atoms with van der Waals surface area (Å²) in [4.78, 5) is 15.1. The quantitative estimate of drug-likeness (QED) is 0.600. The summed E-state index contributed by atoms with van der Waals surface area (Å²) in [5, 5.41) is 7.66. The van der Waals surface area contributed by atoms with Gasteiger partial charge in [-0.15, -0.1) is 0 Å². The minimum Gasteiger partial charge on any atom is -0.497 e. The maximum absolute atomic E-state index is 12.7. The van der Waals surface area contributed by atoms with E-state index in [0.29, 0.717) is 17.3 Å². The van der Waals surface area contributed by atoms with Crippen LogP contribution in [-0.4, -0.2) is 42.7 Å². The van der Waals surface area contributed by atoms with Gasteiger partial charge in [-0.3, -0.25) is 9.69 Å². The van der Waals surface area contributed by atoms with Gasteiger partial charge in [0.25, 0.3) is 5.91 Å². The first-order chi connectivity index (χ1) is 14.7. The summed E-state index contributed by atoms with van der Waals surface area (Å²) in [6, 6.07) is 16.9. The third-order valence-corrected chi connectivity index (χ3v) is 5.76. The number of nitrogens with zero attached hydrogens (tertiary/aromatic N) is 2. The molecular formula is C23H24ClN3O3. The second kappa shape index (κ2) is 9.32. The molecule has 1 amide bonds. The summed E-state index contributed by atoms with van der Waals surface area (Å²) in [7, 11) is 1.62. The number of halogens is 1. The van der Waals surface area contributed by atoms with Crippen LogP contribution in [0.5, 0.6) is 5.75 Å². The topological polar surface area (TPSA) is 67.6 Å². The van der Waals surface area contributed by atoms with Gasteiger partial charge >= 0.3 is 0 Å². The Balaban J connectivity index is 1.46. The molecule has 0 spiro atoms. The van der Waals surface area contributed by atoms with E-state index in [4.69, 9.17) is 20.9 Å². The van der Waals surface area contributed by atoms with Gasteiger partial charge in [-0.1, -0.05) is 35.0 Å². The van der Waals surface area contributed by atoms with Crippen LogP contribution in [0.1, 0.15) is 34.9 Å². The molecule has 0 aliphatic carbocycles. The monoisotopic (exact) mass is 425 g/mol. The number of benzene rings is 2. The Labute approximate surface area is 180 Å². The molecule has 2 aromatic carbocycles. The fourth-order valence-electron chi connectivity index (χ4n) is 3.79. The van der Waals surface area contributed by atoms with Crippen LogP contribution in [-0.2, 0) is 0 Å². The number of carbonyl (C=O) groups excluding carboxylic acids is 1. The SMILES string of the molecule is COc1ccc(-c2cc(C(=O)NC[C@H](c3ccccc3Cl)N3CCCC3)no2)cc1. The molecule has 1 N–H and O–H groups in total. The second-order valence-electron chi connectivity index (χ2n) is 7.30. The van der Waals surface area contributed by atoms with E-state index in [1.807, 2.05) is 48.5 Å². The molecule has 1 aliphatic rings. The van der Waals surface area contributed by atoms with Gasteiger partial charge < -0.3 is 14.6 Å². The molecule has 30 heavy (non-hydrogen) atoms. The highest BCUT2D eigenvalue weighted by Crippen LogP contribution is 2.30. The predicted octanol–water partition coefficient (Wildman–Crippen LogP) is 4.57. The number of ether oxygens (including phenoxy) is 1. The molecule has 3 aromatic rings. The summed E-state index contributed by atoms with van der Waals surface area (Å²) in [6.07, 6.45) is 2.31. The standard InChI is InChI=1S/C23H24ClN3O3/c1-29-17-10-8-16(9-11-17)22-14-20(26-30-22)23(28)25-15-21(27-12-4-5-13-27)18-6-2-3-7-19(18)24/h2-3,6-11,14,21H,4-5,12-13,15H2,1H3,(H,25,28)/t21-/m1/s1. The zero-order valence-corrected chi connectivity index (χ0v) is 17.6. The number of hydrogen-bond donors (Lipinski definition) is 1. The predicted molar refractivity (Wildman–Crippen MR) is 116 cm³/mol. The molecule has 156 valence electrons. The van der Waals surface area contributed by atoms with Gasteiger partial charge in [-0.05, 0) is 61.8 Å². The van der Waals surface area contributed by atoms with E-state index in [1.165, 1.54) is 0 Å². The lowest BCUT2D eigenvalue weighted by Crippen LogP contribution is -2.37. The van der Waals surface area contributed by atoms with Gasteiger partial charge in [0, 0.05) is 23.2 Å². The van der Waals surface area contributed by atoms with E-state index in [-0.39, 0.29) is 17.6 Å². The normalized spacial score (nSPS) is 15.1. The molecule has 0 bridgehead atoms. The average Bonchev–Trinajstić information content (AvgIpc) is 3.48. The number of rotatable bonds is 7. The van der Waals surface area contributed by atoms with Gasteiger partial charge in [0.05, 0.1) is 13.2 Å². The molecule has 0 saturated carbocycles. The van der Waals surface area contributed by atoms with E-state index >= 15 is 0 Å². The van der Waals surface area contributed by atoms with E-state index in [0.717, 1.165) is 42.8 Å². The van der Waals surface area contributed by atoms with Crippen LogP contribution in [0.4, 0.5) is 0 Å². The van der Waals surface area contributed by atoms with Gasteiger partial charge in [0.2, 0.25) is 0 Å². The molecule has 4 rings (SSSR count). The maximum Gasteiger partial charge on any atom is 0.273 e. The van der Waals surface area contributed by atoms with E-state index in [1.54, 1.807) is 13.2 Å². The van der Waals surface area contributed by atoms with Crippen molar-refractivity contribution in [3.63, 3.8) is 0 Å². The first kappa shape index (κ1) is 20.4. The van der Waals surface area contributed by atoms with Crippen molar-refractivity contribution in [2.45, 2.75) is 18.9 Å². The molecule has 1 aliphatic heterocycles. The van der Waals surface area contributed by atoms with Gasteiger partial charge in [-0.2, -0.15) is 0 Å². The minimum absolute atomic E-state index is 0.0260. The molecule has 1 aromatic heterocycles. The van der Waals surface area contributed by atoms with Crippen LogP contribution in [0.25, 0.3) is 11.3 Å². The highest BCUT2D eigenvalue weighted by molar-refractivity contribution is 6.31. The van der Waals surface area contributed by atoms with Crippen LogP contribution in [0.2, 0.25) is 5.02 Å². The number of aromatic nitrogens is 1. The Morgan fingerprint density at radius 2 is 1.93 bits per heavy atom. The third kappa shape index (κ3) is 4.50. The minimum atomic E-state index is -0.269. The summed E-state index contributed by atoms with van der Waals surface area (Å²) >= 11 is 6.45. The van der Waals surface area contributed by atoms with Crippen molar-refractivity contribution in [1.82, 2.24) is 15.4 Å². The lowest BCUT2D eigenvalue weighted by molar-refractivity contribution is 0.0929. The van der Waals surface area contributed by atoms with Crippen molar-refractivity contribution in [1.29, 1.82) is 0 Å². The first-order valence-corrected chi connectivity index (χ1v) is 10.4. The highest BCUT2D eigenvalue weighted by atomic mass is 35.5. The number of amides is 1. The van der Waals surface area contributed by atoms with E-state index in [9.17, 15) is 4.79 Å². The summed E-state index contributed by atoms with van der Waals surface area (Å²) < 4.78 is 10.5. The summed E-state index contributed by atoms with van der Waals surface area (Å²) in [5.74, 6) is 1.02. The van der Waals surface area contributed by atoms with Gasteiger partial charge in [-0.25, -0.2) is 0 Å². The van der Waals surface area contributed by atoms with Crippen molar-refractivity contribution >= 4 is 17.5 Å². The van der Waals surface area contributed by atoms with Gasteiger partial charge in [0.15, 0.2) is 11.5 Å². The summed E-state index contributed by atoms with van der Waals surface area (Å²) in [6.45, 7) is 2.45. The molecule has 1 atom stereocenters. The highest BCUT2D eigenvalue weighted by Gasteiger charge is 2.26. The second-order valence-corrected chi connectivity index (χ2v) is 7.70. The van der Waals surface area contributed by atoms with Crippen LogP contribution in [0.15, 0.2) is 59.1 Å². The summed E-state index contributed by atoms with van der Waals surface area (Å²) in [5.41, 5.74) is 2.11. The fraction of sp³-hybridized carbons (Fsp3) is 0.304. The smallest absolute Gasteiger partial charge is 0.273 e. The first-order valence-electron chi connectivity index (χ1n) is 10.0. The Bertz CT molecular complexity index is 997. The molecule has 2 heterocycles. The Kier molecular flexibility index (Phi) is 6.35. The van der Waals surface area contributed by atoms with Crippen molar-refractivity contribution in [2.75, 3.05) is 26.7 Å². The van der Waals surface area contributed by atoms with E-state index < -0.39 is 0 Å². The molecule has 6 nitrogen and oxygen atoms in total. The van der Waals surface area contributed by atoms with Crippen LogP contribution < -0.4 is 10.1 Å². The Morgan fingerprint density at radius 3 is 2.63 bits per heavy atom. The van der Waals surface area contributed by atoms with Crippen LogP contribution in [0.3, 0.4) is 0 Å². The van der Waals surface area contributed by atoms with Gasteiger partial charge in [0.1, 0.15) is 5.75 Å². The number of carbonyl (C=O) groups is 1. The van der Waals surface area contributed by atoms with Crippen molar-refractivity contribution < 1.29 is 14.1 Å². The molecule has 7 heteroatoms. The molecule has 1 saturated heterocycles. The largest absolute Gasteiger partial charge is 0.497 e. The van der Waals surface area contributed by atoms with Crippen molar-refractivity contribution in [2.24, 2.45) is 0 Å². The average molecular weight is 426 g/mol. The van der Waals surface area contributed by atoms with Crippen molar-refractivity contribution in [3.05, 3.63) is 70.9 Å². The lowest BCUT2D eigenvalue weighted by Gasteiger charge is -2.28. The molecule has 0 radical (unpaired) electrons. The Morgan fingerprint density at radius 1 is 1.20 bits per heavy atom. The fourth-order valence-corrected chi connectivity index (χ4v) is 4.05. The Hall–Kier alpha value is -2.83. The lowest BCUT2D eigenvalue weighted by atomic mass is 10.1. The molecule has 1 fully saturated rings. The van der Waals surface area contributed by atoms with Crippen LogP contribution in [0, 0.1) is 0 Å². The maximum atomic E-state index is 12.7. The number of methoxy groups -OCH3 is 1. The molecular weight excluding hydrogens is 402 g/mol. The zero-order chi connectivity index (χ0) is 20.9. The van der Waals surface area contributed by atoms with Crippen molar-refractivity contribution in [3.8, 4) is 17.1 Å². The number of hydrogen-bond acceptors (Lipinski definition) is 5. The third-order valence-electron chi connectivity index (χ3n) is 5.42. The number of nitrogens with one attached hydrogen (secondary N) is 1.